The van der Waals surface area contributed by atoms with Gasteiger partial charge in [0.2, 0.25) is 0 Å². The molecule has 0 aromatic heterocycles. The minimum absolute atomic E-state index is 0.471. The van der Waals surface area contributed by atoms with Gasteiger partial charge in [-0.3, -0.25) is 0 Å². The van der Waals surface area contributed by atoms with Gasteiger partial charge in [-0.1, -0.05) is 75.8 Å². The maximum absolute atomic E-state index is 10.0. The Balaban J connectivity index is 2.17. The summed E-state index contributed by atoms with van der Waals surface area (Å²) in [6.45, 7) is 2.19. The molecule has 3 atom stereocenters. The van der Waals surface area contributed by atoms with Crippen LogP contribution in [0, 0.1) is 0 Å². The van der Waals surface area contributed by atoms with Crippen molar-refractivity contribution in [3.05, 3.63) is 35.9 Å². The van der Waals surface area contributed by atoms with E-state index in [9.17, 15) is 15.3 Å². The van der Waals surface area contributed by atoms with Gasteiger partial charge >= 0.3 is 0 Å². The summed E-state index contributed by atoms with van der Waals surface area (Å²) in [5, 5.41) is 30.0. The average Bonchev–Trinajstić information content (AvgIpc) is 2.55. The molecular formula is C19H32O3. The predicted octanol–water partition coefficient (Wildman–Crippen LogP) is 3.45. The minimum Gasteiger partial charge on any atom is -0.390 e. The molecule has 0 heterocycles. The van der Waals surface area contributed by atoms with Gasteiger partial charge in [0.1, 0.15) is 6.10 Å². The third-order valence-electron chi connectivity index (χ3n) is 4.21. The summed E-state index contributed by atoms with van der Waals surface area (Å²) >= 11 is 0. The van der Waals surface area contributed by atoms with E-state index in [1.54, 1.807) is 0 Å². The van der Waals surface area contributed by atoms with E-state index in [-0.39, 0.29) is 0 Å². The highest BCUT2D eigenvalue weighted by atomic mass is 16.4. The van der Waals surface area contributed by atoms with Crippen molar-refractivity contribution in [1.29, 1.82) is 0 Å². The molecule has 0 aliphatic rings. The number of unbranched alkanes of at least 4 members (excludes halogenated alkanes) is 5. The van der Waals surface area contributed by atoms with Gasteiger partial charge in [-0.2, -0.15) is 0 Å². The monoisotopic (exact) mass is 308 g/mol. The van der Waals surface area contributed by atoms with E-state index in [0.29, 0.717) is 19.3 Å². The second-order valence-corrected chi connectivity index (χ2v) is 6.21. The molecule has 0 aliphatic heterocycles. The van der Waals surface area contributed by atoms with E-state index in [1.807, 2.05) is 30.3 Å². The van der Waals surface area contributed by atoms with Crippen LogP contribution in [0.4, 0.5) is 0 Å². The summed E-state index contributed by atoms with van der Waals surface area (Å²) < 4.78 is 0. The smallest absolute Gasteiger partial charge is 0.106 e. The zero-order chi connectivity index (χ0) is 16.2. The van der Waals surface area contributed by atoms with Crippen molar-refractivity contribution in [1.82, 2.24) is 0 Å². The standard InChI is InChI=1S/C19H32O3/c1-2-3-4-5-6-10-13-17(20)19(22)18(21)15-14-16-11-8-7-9-12-16/h7-9,11-12,17-22H,2-6,10,13-15H2,1H3. The van der Waals surface area contributed by atoms with Crippen molar-refractivity contribution in [3.63, 3.8) is 0 Å². The summed E-state index contributed by atoms with van der Waals surface area (Å²) in [6, 6.07) is 9.90. The molecule has 3 heteroatoms. The number of rotatable bonds is 12. The topological polar surface area (TPSA) is 60.7 Å². The van der Waals surface area contributed by atoms with Crippen LogP contribution in [-0.4, -0.2) is 33.6 Å². The highest BCUT2D eigenvalue weighted by Gasteiger charge is 2.23. The Morgan fingerprint density at radius 2 is 1.36 bits per heavy atom. The molecule has 3 unspecified atom stereocenters. The molecule has 0 amide bonds. The van der Waals surface area contributed by atoms with Crippen LogP contribution in [0.15, 0.2) is 30.3 Å². The second-order valence-electron chi connectivity index (χ2n) is 6.21. The maximum Gasteiger partial charge on any atom is 0.106 e. The fourth-order valence-corrected chi connectivity index (χ4v) is 2.69. The molecule has 0 saturated heterocycles. The van der Waals surface area contributed by atoms with Crippen molar-refractivity contribution in [2.75, 3.05) is 0 Å². The molecule has 0 spiro atoms. The molecule has 0 bridgehead atoms. The SMILES string of the molecule is CCCCCCCCC(O)C(O)C(O)CCc1ccccc1. The first kappa shape index (κ1) is 19.1. The van der Waals surface area contributed by atoms with Gasteiger partial charge in [-0.25, -0.2) is 0 Å². The Hall–Kier alpha value is -0.900. The van der Waals surface area contributed by atoms with Gasteiger partial charge < -0.3 is 15.3 Å². The van der Waals surface area contributed by atoms with E-state index in [1.165, 1.54) is 25.7 Å². The minimum atomic E-state index is -1.04. The summed E-state index contributed by atoms with van der Waals surface area (Å²) in [4.78, 5) is 0. The van der Waals surface area contributed by atoms with Gasteiger partial charge in [-0.15, -0.1) is 0 Å². The molecule has 1 aromatic rings. The van der Waals surface area contributed by atoms with Crippen LogP contribution < -0.4 is 0 Å². The number of aliphatic hydroxyl groups is 3. The van der Waals surface area contributed by atoms with Gasteiger partial charge in [0, 0.05) is 0 Å². The fraction of sp³-hybridized carbons (Fsp3) is 0.684. The number of aliphatic hydroxyl groups excluding tert-OH is 3. The third-order valence-corrected chi connectivity index (χ3v) is 4.21. The van der Waals surface area contributed by atoms with E-state index >= 15 is 0 Å². The Morgan fingerprint density at radius 3 is 2.05 bits per heavy atom. The molecular weight excluding hydrogens is 276 g/mol. The number of aryl methyl sites for hydroxylation is 1. The van der Waals surface area contributed by atoms with Crippen molar-refractivity contribution >= 4 is 0 Å². The summed E-state index contributed by atoms with van der Waals surface area (Å²) in [6.07, 6.45) is 5.95. The van der Waals surface area contributed by atoms with Crippen LogP contribution >= 0.6 is 0 Å². The largest absolute Gasteiger partial charge is 0.390 e. The zero-order valence-corrected chi connectivity index (χ0v) is 13.8. The Bertz CT molecular complexity index is 366. The molecule has 1 aromatic carbocycles. The summed E-state index contributed by atoms with van der Waals surface area (Å²) in [7, 11) is 0. The highest BCUT2D eigenvalue weighted by molar-refractivity contribution is 5.14. The van der Waals surface area contributed by atoms with E-state index in [0.717, 1.165) is 18.4 Å². The van der Waals surface area contributed by atoms with Crippen LogP contribution in [-0.2, 0) is 6.42 Å². The maximum atomic E-state index is 10.0. The second kappa shape index (κ2) is 11.6. The first-order chi connectivity index (χ1) is 10.6. The van der Waals surface area contributed by atoms with Crippen molar-refractivity contribution in [2.45, 2.75) is 83.0 Å². The molecule has 0 radical (unpaired) electrons. The lowest BCUT2D eigenvalue weighted by Gasteiger charge is -2.23. The molecule has 3 N–H and O–H groups in total. The van der Waals surface area contributed by atoms with Gasteiger partial charge in [0.05, 0.1) is 12.2 Å². The van der Waals surface area contributed by atoms with Gasteiger partial charge in [0.25, 0.3) is 0 Å². The lowest BCUT2D eigenvalue weighted by atomic mass is 9.97. The van der Waals surface area contributed by atoms with E-state index < -0.39 is 18.3 Å². The molecule has 0 saturated carbocycles. The van der Waals surface area contributed by atoms with E-state index in [4.69, 9.17) is 0 Å². The Morgan fingerprint density at radius 1 is 0.773 bits per heavy atom. The predicted molar refractivity (Wildman–Crippen MR) is 90.8 cm³/mol. The van der Waals surface area contributed by atoms with Crippen LogP contribution in [0.2, 0.25) is 0 Å². The van der Waals surface area contributed by atoms with Crippen LogP contribution in [0.5, 0.6) is 0 Å². The lowest BCUT2D eigenvalue weighted by molar-refractivity contribution is -0.0644. The van der Waals surface area contributed by atoms with Crippen molar-refractivity contribution < 1.29 is 15.3 Å². The normalized spacial score (nSPS) is 15.5. The quantitative estimate of drug-likeness (QED) is 0.518. The molecule has 0 aliphatic carbocycles. The summed E-state index contributed by atoms with van der Waals surface area (Å²) in [5.41, 5.74) is 1.14. The molecule has 22 heavy (non-hydrogen) atoms. The van der Waals surface area contributed by atoms with Crippen molar-refractivity contribution in [3.8, 4) is 0 Å². The first-order valence-electron chi connectivity index (χ1n) is 8.73. The average molecular weight is 308 g/mol. The first-order valence-corrected chi connectivity index (χ1v) is 8.73. The fourth-order valence-electron chi connectivity index (χ4n) is 2.69. The Kier molecular flexibility index (Phi) is 10.1. The molecule has 0 fully saturated rings. The highest BCUT2D eigenvalue weighted by Crippen LogP contribution is 2.15. The molecule has 3 nitrogen and oxygen atoms in total. The zero-order valence-electron chi connectivity index (χ0n) is 13.8. The lowest BCUT2D eigenvalue weighted by Crippen LogP contribution is -2.37. The van der Waals surface area contributed by atoms with Crippen molar-refractivity contribution in [2.24, 2.45) is 0 Å². The number of benzene rings is 1. The Labute approximate surface area is 135 Å². The summed E-state index contributed by atoms with van der Waals surface area (Å²) in [5.74, 6) is 0. The number of hydrogen-bond donors (Lipinski definition) is 3. The van der Waals surface area contributed by atoms with Crippen LogP contribution in [0.3, 0.4) is 0 Å². The molecule has 1 rings (SSSR count). The van der Waals surface area contributed by atoms with Crippen LogP contribution in [0.25, 0.3) is 0 Å². The molecule has 126 valence electrons. The number of hydrogen-bond acceptors (Lipinski definition) is 3. The van der Waals surface area contributed by atoms with Crippen LogP contribution in [0.1, 0.15) is 63.9 Å². The van der Waals surface area contributed by atoms with E-state index in [2.05, 4.69) is 6.92 Å². The van der Waals surface area contributed by atoms with Gasteiger partial charge in [0.15, 0.2) is 0 Å². The third kappa shape index (κ3) is 7.92. The van der Waals surface area contributed by atoms with Gasteiger partial charge in [-0.05, 0) is 24.8 Å².